The summed E-state index contributed by atoms with van der Waals surface area (Å²) in [4.78, 5) is 31.0. The molecular formula is C22H23N3O3S. The van der Waals surface area contributed by atoms with Crippen LogP contribution in [-0.2, 0) is 20.7 Å². The molecule has 1 aromatic carbocycles. The summed E-state index contributed by atoms with van der Waals surface area (Å²) in [5, 5.41) is 5.38. The summed E-state index contributed by atoms with van der Waals surface area (Å²) in [5.74, 6) is 0.784. The number of anilines is 2. The number of rotatable bonds is 5. The van der Waals surface area contributed by atoms with Crippen molar-refractivity contribution in [1.29, 1.82) is 0 Å². The lowest BCUT2D eigenvalue weighted by atomic mass is 10.1. The maximum absolute atomic E-state index is 12.5. The number of carbonyl (C=O) groups is 2. The van der Waals surface area contributed by atoms with Crippen LogP contribution in [0.15, 0.2) is 47.1 Å². The van der Waals surface area contributed by atoms with Crippen LogP contribution in [-0.4, -0.2) is 30.5 Å². The Hall–Kier alpha value is -2.93. The number of allylic oxidation sites excluding steroid dienone is 2. The number of aromatic nitrogens is 1. The summed E-state index contributed by atoms with van der Waals surface area (Å²) < 4.78 is 5.25. The molecule has 150 valence electrons. The van der Waals surface area contributed by atoms with Crippen molar-refractivity contribution in [2.45, 2.75) is 32.6 Å². The third-order valence-electron chi connectivity index (χ3n) is 5.19. The third kappa shape index (κ3) is 3.96. The van der Waals surface area contributed by atoms with Gasteiger partial charge >= 0.3 is 0 Å². The van der Waals surface area contributed by atoms with Gasteiger partial charge in [-0.3, -0.25) is 14.9 Å². The van der Waals surface area contributed by atoms with E-state index in [0.717, 1.165) is 54.1 Å². The Morgan fingerprint density at radius 1 is 1.31 bits per heavy atom. The predicted molar refractivity (Wildman–Crippen MR) is 115 cm³/mol. The molecule has 0 saturated heterocycles. The molecule has 1 aliphatic carbocycles. The van der Waals surface area contributed by atoms with Gasteiger partial charge in [-0.25, -0.2) is 4.98 Å². The lowest BCUT2D eigenvalue weighted by Gasteiger charge is -2.16. The van der Waals surface area contributed by atoms with Crippen LogP contribution in [0, 0.1) is 0 Å². The first-order valence-electron chi connectivity index (χ1n) is 9.74. The molecule has 0 unspecified atom stereocenters. The fourth-order valence-electron chi connectivity index (χ4n) is 3.64. The largest absolute Gasteiger partial charge is 0.501 e. The topological polar surface area (TPSA) is 71.5 Å². The Balaban J connectivity index is 1.49. The summed E-state index contributed by atoms with van der Waals surface area (Å²) >= 11 is 1.40. The van der Waals surface area contributed by atoms with E-state index in [4.69, 9.17) is 4.74 Å². The number of fused-ring (bicyclic) bond motifs is 1. The van der Waals surface area contributed by atoms with E-state index >= 15 is 0 Å². The highest BCUT2D eigenvalue weighted by Gasteiger charge is 2.24. The number of thiazole rings is 1. The van der Waals surface area contributed by atoms with Crippen molar-refractivity contribution in [1.82, 2.24) is 4.98 Å². The van der Waals surface area contributed by atoms with Crippen LogP contribution in [0.4, 0.5) is 10.8 Å². The highest BCUT2D eigenvalue weighted by atomic mass is 32.1. The first kappa shape index (κ1) is 19.4. The number of methoxy groups -OCH3 is 1. The molecule has 7 heteroatoms. The minimum Gasteiger partial charge on any atom is -0.501 e. The second kappa shape index (κ2) is 8.21. The Morgan fingerprint density at radius 3 is 2.97 bits per heavy atom. The van der Waals surface area contributed by atoms with Crippen LogP contribution in [0.25, 0.3) is 11.3 Å². The molecule has 2 aliphatic rings. The maximum Gasteiger partial charge on any atom is 0.257 e. The van der Waals surface area contributed by atoms with E-state index in [0.29, 0.717) is 17.1 Å². The maximum atomic E-state index is 12.5. The summed E-state index contributed by atoms with van der Waals surface area (Å²) in [7, 11) is 1.62. The summed E-state index contributed by atoms with van der Waals surface area (Å²) in [6.07, 6.45) is 6.65. The third-order valence-corrected chi connectivity index (χ3v) is 5.95. The van der Waals surface area contributed by atoms with Crippen molar-refractivity contribution < 1.29 is 14.3 Å². The molecule has 2 aromatic rings. The standard InChI is InChI=1S/C22H23N3O3S/c1-3-20(26)25-10-9-15-11-14(7-8-19(15)25)18-13-29-22(23-18)24-21(27)16-5-4-6-17(12-16)28-2/h5,7-8,11-13H,3-4,6,9-10H2,1-2H3,(H,23,24,27). The van der Waals surface area contributed by atoms with Gasteiger partial charge in [-0.1, -0.05) is 19.1 Å². The van der Waals surface area contributed by atoms with Crippen LogP contribution >= 0.6 is 11.3 Å². The van der Waals surface area contributed by atoms with E-state index in [1.807, 2.05) is 35.4 Å². The molecule has 0 radical (unpaired) electrons. The van der Waals surface area contributed by atoms with Crippen molar-refractivity contribution in [3.8, 4) is 11.3 Å². The number of benzene rings is 1. The zero-order valence-electron chi connectivity index (χ0n) is 16.5. The molecule has 29 heavy (non-hydrogen) atoms. The molecule has 4 rings (SSSR count). The van der Waals surface area contributed by atoms with Gasteiger partial charge in [-0.05, 0) is 36.6 Å². The molecular weight excluding hydrogens is 386 g/mol. The second-order valence-electron chi connectivity index (χ2n) is 7.00. The van der Waals surface area contributed by atoms with Crippen LogP contribution in [0.5, 0.6) is 0 Å². The highest BCUT2D eigenvalue weighted by molar-refractivity contribution is 7.14. The Morgan fingerprint density at radius 2 is 2.17 bits per heavy atom. The van der Waals surface area contributed by atoms with Gasteiger partial charge < -0.3 is 9.64 Å². The first-order valence-corrected chi connectivity index (χ1v) is 10.6. The zero-order chi connectivity index (χ0) is 20.4. The van der Waals surface area contributed by atoms with Crippen LogP contribution < -0.4 is 10.2 Å². The summed E-state index contributed by atoms with van der Waals surface area (Å²) in [6.45, 7) is 2.62. The second-order valence-corrected chi connectivity index (χ2v) is 7.86. The number of hydrogen-bond acceptors (Lipinski definition) is 5. The van der Waals surface area contributed by atoms with Crippen LogP contribution in [0.3, 0.4) is 0 Å². The summed E-state index contributed by atoms with van der Waals surface area (Å²) in [5.41, 5.74) is 4.56. The number of carbonyl (C=O) groups excluding carboxylic acids is 2. The average Bonchev–Trinajstić information content (AvgIpc) is 3.39. The van der Waals surface area contributed by atoms with E-state index in [2.05, 4.69) is 16.4 Å². The molecule has 1 aliphatic heterocycles. The van der Waals surface area contributed by atoms with Crippen molar-refractivity contribution in [2.75, 3.05) is 23.9 Å². The van der Waals surface area contributed by atoms with Gasteiger partial charge in [0.25, 0.3) is 5.91 Å². The Bertz CT molecular complexity index is 1020. The number of hydrogen-bond donors (Lipinski definition) is 1. The summed E-state index contributed by atoms with van der Waals surface area (Å²) in [6, 6.07) is 6.07. The SMILES string of the molecule is CCC(=O)N1CCc2cc(-c3csc(NC(=O)C4=CCCC(OC)=C4)n3)ccc21. The molecule has 2 amide bonds. The van der Waals surface area contributed by atoms with Crippen LogP contribution in [0.1, 0.15) is 31.7 Å². The van der Waals surface area contributed by atoms with Crippen molar-refractivity contribution >= 4 is 34.0 Å². The zero-order valence-corrected chi connectivity index (χ0v) is 17.3. The quantitative estimate of drug-likeness (QED) is 0.799. The fraction of sp³-hybridized carbons (Fsp3) is 0.318. The number of nitrogens with zero attached hydrogens (tertiary/aromatic N) is 2. The van der Waals surface area contributed by atoms with E-state index < -0.39 is 0 Å². The van der Waals surface area contributed by atoms with Crippen molar-refractivity contribution in [3.63, 3.8) is 0 Å². The molecule has 2 heterocycles. The van der Waals surface area contributed by atoms with Gasteiger partial charge in [0.2, 0.25) is 5.91 Å². The molecule has 1 aromatic heterocycles. The number of amides is 2. The van der Waals surface area contributed by atoms with Gasteiger partial charge in [0, 0.05) is 41.6 Å². The van der Waals surface area contributed by atoms with Gasteiger partial charge in [0.05, 0.1) is 18.6 Å². The van der Waals surface area contributed by atoms with E-state index in [-0.39, 0.29) is 11.8 Å². The fourth-order valence-corrected chi connectivity index (χ4v) is 4.35. The van der Waals surface area contributed by atoms with Gasteiger partial charge in [-0.2, -0.15) is 0 Å². The monoisotopic (exact) mass is 409 g/mol. The van der Waals surface area contributed by atoms with E-state index in [1.54, 1.807) is 13.2 Å². The molecule has 1 N–H and O–H groups in total. The molecule has 0 spiro atoms. The minimum atomic E-state index is -0.178. The van der Waals surface area contributed by atoms with Gasteiger partial charge in [0.15, 0.2) is 5.13 Å². The minimum absolute atomic E-state index is 0.151. The molecule has 0 fully saturated rings. The molecule has 6 nitrogen and oxygen atoms in total. The highest BCUT2D eigenvalue weighted by Crippen LogP contribution is 2.34. The van der Waals surface area contributed by atoms with E-state index in [9.17, 15) is 9.59 Å². The molecule has 0 saturated carbocycles. The average molecular weight is 410 g/mol. The lowest BCUT2D eigenvalue weighted by Crippen LogP contribution is -2.27. The van der Waals surface area contributed by atoms with Gasteiger partial charge in [-0.15, -0.1) is 11.3 Å². The normalized spacial score (nSPS) is 15.4. The smallest absolute Gasteiger partial charge is 0.257 e. The van der Waals surface area contributed by atoms with Crippen molar-refractivity contribution in [3.05, 3.63) is 52.6 Å². The number of nitrogens with one attached hydrogen (secondary N) is 1. The number of ether oxygens (including phenoxy) is 1. The molecule has 0 atom stereocenters. The Kier molecular flexibility index (Phi) is 5.49. The predicted octanol–water partition coefficient (Wildman–Crippen LogP) is 4.30. The van der Waals surface area contributed by atoms with Gasteiger partial charge in [0.1, 0.15) is 0 Å². The van der Waals surface area contributed by atoms with E-state index in [1.165, 1.54) is 11.3 Å². The molecule has 0 bridgehead atoms. The first-order chi connectivity index (χ1) is 14.1. The lowest BCUT2D eigenvalue weighted by molar-refractivity contribution is -0.118. The van der Waals surface area contributed by atoms with Crippen LogP contribution in [0.2, 0.25) is 0 Å². The Labute approximate surface area is 173 Å². The van der Waals surface area contributed by atoms with Crippen molar-refractivity contribution in [2.24, 2.45) is 0 Å².